The van der Waals surface area contributed by atoms with Crippen LogP contribution in [0.2, 0.25) is 0 Å². The van der Waals surface area contributed by atoms with Crippen LogP contribution in [0.3, 0.4) is 0 Å². The highest BCUT2D eigenvalue weighted by Gasteiger charge is 2.68. The number of fused-ring (bicyclic) bond motifs is 12. The van der Waals surface area contributed by atoms with Crippen molar-refractivity contribution < 1.29 is 39.1 Å². The lowest BCUT2D eigenvalue weighted by atomic mass is 9.45. The number of carbonyl (C=O) groups excluding carboxylic acids is 1. The van der Waals surface area contributed by atoms with Crippen LogP contribution in [0, 0.1) is 106 Å². The Bertz CT molecular complexity index is 2930. The number of hydrogen-bond acceptors (Lipinski definition) is 10. The Kier molecular flexibility index (Phi) is 14.5. The highest BCUT2D eigenvalue weighted by molar-refractivity contribution is 5.97. The molecule has 13 rings (SSSR count). The van der Waals surface area contributed by atoms with Crippen molar-refractivity contribution in [2.24, 2.45) is 86.8 Å². The number of anilines is 1. The zero-order valence-corrected chi connectivity index (χ0v) is 48.0. The fourth-order valence-corrected chi connectivity index (χ4v) is 20.6. The molecule has 12 heteroatoms. The summed E-state index contributed by atoms with van der Waals surface area (Å²) in [5, 5.41) is 45.0. The van der Waals surface area contributed by atoms with Gasteiger partial charge >= 0.3 is 0 Å². The molecule has 7 saturated carbocycles. The summed E-state index contributed by atoms with van der Waals surface area (Å²) in [7, 11) is 5.37. The third-order valence-electron chi connectivity index (χ3n) is 23.7. The van der Waals surface area contributed by atoms with Gasteiger partial charge in [0, 0.05) is 61.8 Å². The van der Waals surface area contributed by atoms with E-state index in [0.29, 0.717) is 90.2 Å². The summed E-state index contributed by atoms with van der Waals surface area (Å²) in [5.74, 6) is 11.1. The molecule has 6 bridgehead atoms. The van der Waals surface area contributed by atoms with Crippen molar-refractivity contribution in [3.05, 3.63) is 65.8 Å². The lowest BCUT2D eigenvalue weighted by Crippen LogP contribution is -2.59. The van der Waals surface area contributed by atoms with Crippen molar-refractivity contribution in [1.82, 2.24) is 10.6 Å². The third kappa shape index (κ3) is 9.01. The van der Waals surface area contributed by atoms with E-state index in [9.17, 15) is 15.3 Å². The topological polar surface area (TPSA) is 163 Å². The van der Waals surface area contributed by atoms with Crippen LogP contribution < -0.4 is 30.2 Å². The number of aromatic hydroxyl groups is 1. The molecule has 428 valence electrons. The van der Waals surface area contributed by atoms with Gasteiger partial charge in [-0.05, 0) is 209 Å². The molecule has 2 spiro atoms. The zero-order valence-electron chi connectivity index (χ0n) is 48.0. The number of nitrogens with one attached hydrogen (secondary N) is 3. The molecule has 80 heavy (non-hydrogen) atoms. The second-order valence-corrected chi connectivity index (χ2v) is 27.3. The predicted octanol–water partition coefficient (Wildman–Crippen LogP) is 11.0. The molecule has 12 nitrogen and oxygen atoms in total. The highest BCUT2D eigenvalue weighted by atomic mass is 16.6. The summed E-state index contributed by atoms with van der Waals surface area (Å²) in [5.41, 5.74) is 0.791. The van der Waals surface area contributed by atoms with E-state index in [1.807, 2.05) is 25.3 Å². The molecule has 2 aromatic carbocycles. The van der Waals surface area contributed by atoms with E-state index >= 15 is 4.79 Å². The largest absolute Gasteiger partial charge is 0.504 e. The highest BCUT2D eigenvalue weighted by Crippen LogP contribution is 2.70. The van der Waals surface area contributed by atoms with Crippen molar-refractivity contribution >= 4 is 17.4 Å². The number of phenolic OH excluding ortho intramolecular Hbond substituents is 1. The van der Waals surface area contributed by atoms with Crippen LogP contribution in [-0.4, -0.2) is 78.9 Å². The molecule has 0 unspecified atom stereocenters. The minimum Gasteiger partial charge on any atom is -0.504 e. The number of rotatable bonds is 9. The van der Waals surface area contributed by atoms with Gasteiger partial charge in [-0.3, -0.25) is 15.1 Å². The van der Waals surface area contributed by atoms with Gasteiger partial charge in [-0.2, -0.15) is 0 Å². The van der Waals surface area contributed by atoms with Gasteiger partial charge in [-0.25, -0.2) is 0 Å². The molecule has 1 saturated heterocycles. The van der Waals surface area contributed by atoms with Crippen LogP contribution in [0.4, 0.5) is 5.69 Å². The summed E-state index contributed by atoms with van der Waals surface area (Å²) < 4.78 is 27.5. The number of aliphatic hydroxyl groups excluding tert-OH is 1. The van der Waals surface area contributed by atoms with E-state index in [1.54, 1.807) is 20.2 Å². The number of benzene rings is 2. The molecule has 8 fully saturated rings. The monoisotopic (exact) mass is 1090 g/mol. The number of methoxy groups -OCH3 is 1. The van der Waals surface area contributed by atoms with Gasteiger partial charge in [-0.1, -0.05) is 75.2 Å². The number of likely N-dealkylation sites (N-methyl/N-ethyl adjacent to an activating group) is 1. The van der Waals surface area contributed by atoms with Gasteiger partial charge in [0.1, 0.15) is 11.7 Å². The number of phenols is 1. The first-order chi connectivity index (χ1) is 38.9. The second kappa shape index (κ2) is 21.3. The molecular formula is C68H88N4O8. The number of carbonyl (C=O) groups is 1. The Morgan fingerprint density at radius 3 is 2.67 bits per heavy atom. The number of hydrogen-bond donors (Lipinski definition) is 6. The summed E-state index contributed by atoms with van der Waals surface area (Å²) in [4.78, 5) is 20.7. The molecule has 11 aliphatic rings. The number of guanidine groups is 1. The standard InChI is InChI=1S/C68H88N4O8/c1-5-42-17-21-49-50(14-10-29-73)52-15-8-27-67(52)48-34-56(72-63(70-3)71-28-9-13-47-12-7-26-66(47,61(75)24-22-53(67)51(49)31-42)36-43-18-23-57(74)59(32-43)77-4)62-60(35-48)79-65(41-69-2)38-55-44(25-30-78-62)19-20-46-37-64(55,39-65)40-68(76)54(46)33-45-11-6-16-58(45)80-68/h18-20,22-24,32,34-35,42,44-47,49-55,58,69,73-74,76H,5-8,10-17,21,26-27,29,31,33,36-41H2,1-4H3,(H2,70,71,72)/b24-22+/t42-,44-,45-,46+,47-,49+,50-,51+,52-,53+,54-,55+,58-,64+,65+,66+,67+,68+/m0/s1. The molecular weight excluding hydrogens is 1000 g/mol. The Balaban J connectivity index is 0.982. The van der Waals surface area contributed by atoms with Crippen LogP contribution in [0.25, 0.3) is 0 Å². The van der Waals surface area contributed by atoms with Gasteiger partial charge in [0.05, 0.1) is 18.9 Å². The van der Waals surface area contributed by atoms with Crippen molar-refractivity contribution in [3.63, 3.8) is 0 Å². The van der Waals surface area contributed by atoms with E-state index < -0.39 is 16.8 Å². The normalized spacial score (nSPS) is 42.7. The van der Waals surface area contributed by atoms with Crippen molar-refractivity contribution in [3.8, 4) is 47.0 Å². The van der Waals surface area contributed by atoms with Gasteiger partial charge in [0.2, 0.25) is 11.7 Å². The first-order valence-electron chi connectivity index (χ1n) is 31.3. The summed E-state index contributed by atoms with van der Waals surface area (Å²) in [6.07, 6.45) is 33.1. The average molecular weight is 1090 g/mol. The van der Waals surface area contributed by atoms with Crippen LogP contribution >= 0.6 is 0 Å². The smallest absolute Gasteiger partial charge is 0.207 e. The Morgan fingerprint density at radius 2 is 1.84 bits per heavy atom. The molecule has 2 aromatic rings. The third-order valence-corrected chi connectivity index (χ3v) is 23.7. The molecule has 3 aliphatic heterocycles. The minimum atomic E-state index is -1.21. The first kappa shape index (κ1) is 54.3. The molecule has 0 amide bonds. The maximum atomic E-state index is 15.9. The SMILES string of the molecule is CC[C@H]1CC[C@H]2[C@@H](C1)[C@H]1/C=C/C(=O)[C@@]3(Cc4ccc(O)c(OC)c4)CCC[C@H]3CC#CNC(=NC)Nc3cc(cc4c3OC#C[C@@H]3C=C[C@@H]5C[C@@]6(C[C@@](CNC)(C[C@H]36)O4)C[C@@]3(O)O[C@H]4CCC[C@H]4C[C@@H]53)[C@@]13CCC[C@H]3[C@H]2CCCO. The second-order valence-electron chi connectivity index (χ2n) is 27.3. The van der Waals surface area contributed by atoms with Crippen molar-refractivity contribution in [2.45, 2.75) is 171 Å². The Morgan fingerprint density at radius 1 is 0.950 bits per heavy atom. The van der Waals surface area contributed by atoms with Crippen molar-refractivity contribution in [1.29, 1.82) is 0 Å². The lowest BCUT2D eigenvalue weighted by Gasteiger charge is -2.59. The fraction of sp³-hybridized carbons (Fsp3) is 0.676. The van der Waals surface area contributed by atoms with Crippen LogP contribution in [-0.2, 0) is 21.4 Å². The summed E-state index contributed by atoms with van der Waals surface area (Å²) in [6, 6.07) is 13.4. The molecule has 0 radical (unpaired) electrons. The number of aliphatic imine (C=N–C) groups is 1. The number of allylic oxidation sites excluding steroid dienone is 4. The lowest BCUT2D eigenvalue weighted by molar-refractivity contribution is -0.329. The van der Waals surface area contributed by atoms with E-state index in [4.69, 9.17) is 23.9 Å². The Hall–Kier alpha value is -4.98. The number of ketones is 1. The average Bonchev–Trinajstić information content (AvgIpc) is 4.36. The summed E-state index contributed by atoms with van der Waals surface area (Å²) >= 11 is 0. The van der Waals surface area contributed by atoms with Crippen molar-refractivity contribution in [2.75, 3.05) is 39.7 Å². The predicted molar refractivity (Wildman–Crippen MR) is 310 cm³/mol. The van der Waals surface area contributed by atoms with Gasteiger partial charge in [0.25, 0.3) is 0 Å². The van der Waals surface area contributed by atoms with Gasteiger partial charge < -0.3 is 44.9 Å². The quantitative estimate of drug-likeness (QED) is 0.105. The maximum Gasteiger partial charge on any atom is 0.207 e. The number of aliphatic hydroxyl groups is 2. The molecule has 18 atom stereocenters. The Labute approximate surface area is 475 Å². The van der Waals surface area contributed by atoms with E-state index in [-0.39, 0.29) is 70.6 Å². The molecule has 6 N–H and O–H groups in total. The van der Waals surface area contributed by atoms with Crippen LogP contribution in [0.15, 0.2) is 59.6 Å². The van der Waals surface area contributed by atoms with Crippen LogP contribution in [0.5, 0.6) is 23.0 Å². The van der Waals surface area contributed by atoms with Gasteiger partial charge in [-0.15, -0.1) is 0 Å². The van der Waals surface area contributed by atoms with E-state index in [1.165, 1.54) is 24.8 Å². The van der Waals surface area contributed by atoms with E-state index in [0.717, 1.165) is 108 Å². The van der Waals surface area contributed by atoms with Crippen LogP contribution in [0.1, 0.15) is 153 Å². The zero-order chi connectivity index (χ0) is 55.0. The van der Waals surface area contributed by atoms with Gasteiger partial charge in [0.15, 0.2) is 28.8 Å². The minimum absolute atomic E-state index is 0.00690. The number of nitrogens with zero attached hydrogens (tertiary/aromatic N) is 1. The fourth-order valence-electron chi connectivity index (χ4n) is 20.6. The first-order valence-corrected chi connectivity index (χ1v) is 31.3. The molecule has 3 heterocycles. The summed E-state index contributed by atoms with van der Waals surface area (Å²) in [6.45, 7) is 3.13. The number of ether oxygens (including phenoxy) is 4. The molecule has 0 aromatic heterocycles. The van der Waals surface area contributed by atoms with E-state index in [2.05, 4.69) is 77.2 Å². The maximum absolute atomic E-state index is 15.9. The molecule has 8 aliphatic carbocycles.